The predicted octanol–water partition coefficient (Wildman–Crippen LogP) is 5.51. The third-order valence-corrected chi connectivity index (χ3v) is 6.72. The fourth-order valence-corrected chi connectivity index (χ4v) is 4.64. The molecular formula is C29H29N3O2. The molecule has 1 aliphatic heterocycles. The van der Waals surface area contributed by atoms with E-state index in [1.54, 1.807) is 6.07 Å². The molecule has 0 N–H and O–H groups in total. The van der Waals surface area contributed by atoms with Gasteiger partial charge in [0.05, 0.1) is 6.04 Å². The van der Waals surface area contributed by atoms with Gasteiger partial charge in [0.2, 0.25) is 0 Å². The maximum atomic E-state index is 13.2. The molecule has 1 saturated heterocycles. The van der Waals surface area contributed by atoms with E-state index >= 15 is 0 Å². The fraction of sp³-hybridized carbons (Fsp3) is 0.241. The molecular weight excluding hydrogens is 422 g/mol. The number of hydrogen-bond donors (Lipinski definition) is 0. The van der Waals surface area contributed by atoms with E-state index in [1.165, 1.54) is 22.3 Å². The zero-order valence-electron chi connectivity index (χ0n) is 19.6. The smallest absolute Gasteiger partial charge is 0.276 e. The number of piperazine rings is 1. The van der Waals surface area contributed by atoms with Gasteiger partial charge in [-0.2, -0.15) is 0 Å². The summed E-state index contributed by atoms with van der Waals surface area (Å²) in [7, 11) is 0. The Morgan fingerprint density at radius 1 is 0.794 bits per heavy atom. The molecule has 0 saturated carbocycles. The van der Waals surface area contributed by atoms with Gasteiger partial charge in [-0.3, -0.25) is 9.69 Å². The van der Waals surface area contributed by atoms with Gasteiger partial charge in [-0.1, -0.05) is 78.0 Å². The molecule has 172 valence electrons. The first kappa shape index (κ1) is 22.1. The molecule has 2 heterocycles. The average Bonchev–Trinajstić information content (AvgIpc) is 3.38. The van der Waals surface area contributed by atoms with Gasteiger partial charge in [0, 0.05) is 37.8 Å². The van der Waals surface area contributed by atoms with Crippen molar-refractivity contribution in [3.63, 3.8) is 0 Å². The van der Waals surface area contributed by atoms with E-state index < -0.39 is 0 Å². The van der Waals surface area contributed by atoms with Crippen LogP contribution < -0.4 is 0 Å². The Hall–Kier alpha value is -3.70. The van der Waals surface area contributed by atoms with Gasteiger partial charge in [-0.25, -0.2) is 0 Å². The molecule has 0 aliphatic carbocycles. The molecule has 5 heteroatoms. The van der Waals surface area contributed by atoms with Crippen LogP contribution in [0.15, 0.2) is 89.5 Å². The summed E-state index contributed by atoms with van der Waals surface area (Å²) in [5.74, 6) is 0.549. The molecule has 1 aliphatic rings. The molecule has 0 atom stereocenters. The second-order valence-corrected chi connectivity index (χ2v) is 8.93. The highest BCUT2D eigenvalue weighted by Crippen LogP contribution is 2.30. The van der Waals surface area contributed by atoms with Crippen LogP contribution in [0, 0.1) is 13.8 Å². The van der Waals surface area contributed by atoms with Crippen molar-refractivity contribution in [1.82, 2.24) is 15.0 Å². The Morgan fingerprint density at radius 3 is 2.00 bits per heavy atom. The van der Waals surface area contributed by atoms with Gasteiger partial charge in [-0.15, -0.1) is 0 Å². The maximum Gasteiger partial charge on any atom is 0.276 e. The predicted molar refractivity (Wildman–Crippen MR) is 134 cm³/mol. The lowest BCUT2D eigenvalue weighted by atomic mass is 9.96. The molecule has 4 aromatic rings. The molecule has 1 amide bonds. The Kier molecular flexibility index (Phi) is 6.28. The van der Waals surface area contributed by atoms with Crippen molar-refractivity contribution in [2.45, 2.75) is 19.9 Å². The van der Waals surface area contributed by atoms with E-state index in [9.17, 15) is 4.79 Å². The largest absolute Gasteiger partial charge is 0.355 e. The van der Waals surface area contributed by atoms with Crippen molar-refractivity contribution in [1.29, 1.82) is 0 Å². The number of hydrogen-bond acceptors (Lipinski definition) is 4. The zero-order chi connectivity index (χ0) is 23.5. The number of aromatic nitrogens is 1. The molecule has 0 radical (unpaired) electrons. The molecule has 1 aromatic heterocycles. The maximum absolute atomic E-state index is 13.2. The van der Waals surface area contributed by atoms with Crippen LogP contribution in [0.25, 0.3) is 11.3 Å². The van der Waals surface area contributed by atoms with Gasteiger partial charge in [0.15, 0.2) is 11.5 Å². The lowest BCUT2D eigenvalue weighted by Gasteiger charge is -2.39. The first-order chi connectivity index (χ1) is 16.6. The van der Waals surface area contributed by atoms with Crippen molar-refractivity contribution in [2.24, 2.45) is 0 Å². The monoisotopic (exact) mass is 451 g/mol. The quantitative estimate of drug-likeness (QED) is 0.402. The van der Waals surface area contributed by atoms with Gasteiger partial charge < -0.3 is 9.42 Å². The minimum absolute atomic E-state index is 0.0746. The van der Waals surface area contributed by atoms with Crippen molar-refractivity contribution in [3.05, 3.63) is 113 Å². The number of benzene rings is 3. The number of nitrogens with zero attached hydrogens (tertiary/aromatic N) is 3. The molecule has 0 unspecified atom stereocenters. The van der Waals surface area contributed by atoms with Gasteiger partial charge in [0.1, 0.15) is 0 Å². The van der Waals surface area contributed by atoms with Crippen LogP contribution >= 0.6 is 0 Å². The van der Waals surface area contributed by atoms with Crippen LogP contribution in [0.2, 0.25) is 0 Å². The molecule has 0 spiro atoms. The molecule has 5 nitrogen and oxygen atoms in total. The average molecular weight is 452 g/mol. The van der Waals surface area contributed by atoms with Crippen molar-refractivity contribution in [2.75, 3.05) is 26.2 Å². The summed E-state index contributed by atoms with van der Waals surface area (Å²) in [5, 5.41) is 4.09. The van der Waals surface area contributed by atoms with E-state index in [0.717, 1.165) is 18.7 Å². The number of carbonyl (C=O) groups is 1. The summed E-state index contributed by atoms with van der Waals surface area (Å²) in [6.45, 7) is 7.04. The highest BCUT2D eigenvalue weighted by atomic mass is 16.5. The molecule has 3 aromatic carbocycles. The Labute approximate surface area is 200 Å². The number of amides is 1. The summed E-state index contributed by atoms with van der Waals surface area (Å²) in [4.78, 5) is 17.5. The SMILES string of the molecule is Cc1ccc(-c2cc(C(=O)N3CCN(C(c4ccccc4)c4ccccc4)CC3)no2)cc1C. The van der Waals surface area contributed by atoms with Gasteiger partial charge >= 0.3 is 0 Å². The van der Waals surface area contributed by atoms with Crippen molar-refractivity contribution in [3.8, 4) is 11.3 Å². The number of rotatable bonds is 5. The zero-order valence-corrected chi connectivity index (χ0v) is 19.6. The van der Waals surface area contributed by atoms with Crippen LogP contribution in [-0.4, -0.2) is 47.0 Å². The van der Waals surface area contributed by atoms with Gasteiger partial charge in [0.25, 0.3) is 5.91 Å². The summed E-state index contributed by atoms with van der Waals surface area (Å²) in [6, 6.07) is 29.2. The Bertz CT molecular complexity index is 1220. The second-order valence-electron chi connectivity index (χ2n) is 8.93. The number of aryl methyl sites for hydroxylation is 2. The molecule has 34 heavy (non-hydrogen) atoms. The molecule has 1 fully saturated rings. The first-order valence-electron chi connectivity index (χ1n) is 11.8. The lowest BCUT2D eigenvalue weighted by molar-refractivity contribution is 0.0588. The van der Waals surface area contributed by atoms with Crippen LogP contribution in [0.5, 0.6) is 0 Å². The molecule has 0 bridgehead atoms. The molecule has 5 rings (SSSR count). The summed E-state index contributed by atoms with van der Waals surface area (Å²) >= 11 is 0. The summed E-state index contributed by atoms with van der Waals surface area (Å²) in [5.41, 5.74) is 6.24. The Morgan fingerprint density at radius 2 is 1.41 bits per heavy atom. The van der Waals surface area contributed by atoms with E-state index in [-0.39, 0.29) is 11.9 Å². The second kappa shape index (κ2) is 9.65. The van der Waals surface area contributed by atoms with Crippen LogP contribution in [0.1, 0.15) is 38.8 Å². The third kappa shape index (κ3) is 4.52. The van der Waals surface area contributed by atoms with E-state index in [4.69, 9.17) is 4.52 Å². The van der Waals surface area contributed by atoms with E-state index in [0.29, 0.717) is 24.5 Å². The van der Waals surface area contributed by atoms with Crippen molar-refractivity contribution < 1.29 is 9.32 Å². The van der Waals surface area contributed by atoms with Crippen LogP contribution in [0.4, 0.5) is 0 Å². The minimum atomic E-state index is -0.0746. The normalized spacial score (nSPS) is 14.5. The highest BCUT2D eigenvalue weighted by molar-refractivity contribution is 5.93. The highest BCUT2D eigenvalue weighted by Gasteiger charge is 2.29. The topological polar surface area (TPSA) is 49.6 Å². The Balaban J connectivity index is 1.29. The number of carbonyl (C=O) groups excluding carboxylic acids is 1. The summed E-state index contributed by atoms with van der Waals surface area (Å²) in [6.07, 6.45) is 0. The fourth-order valence-electron chi connectivity index (χ4n) is 4.64. The van der Waals surface area contributed by atoms with Gasteiger partial charge in [-0.05, 0) is 42.2 Å². The lowest BCUT2D eigenvalue weighted by Crippen LogP contribution is -2.50. The summed E-state index contributed by atoms with van der Waals surface area (Å²) < 4.78 is 5.52. The minimum Gasteiger partial charge on any atom is -0.355 e. The standard InChI is InChI=1S/C29H29N3O2/c1-21-13-14-25(19-22(21)2)27-20-26(30-34-27)29(33)32-17-15-31(16-18-32)28(23-9-5-3-6-10-23)24-11-7-4-8-12-24/h3-14,19-20,28H,15-18H2,1-2H3. The van der Waals surface area contributed by atoms with E-state index in [1.807, 2.05) is 23.1 Å². The third-order valence-electron chi connectivity index (χ3n) is 6.72. The first-order valence-corrected chi connectivity index (χ1v) is 11.8. The van der Waals surface area contributed by atoms with Crippen LogP contribution in [0.3, 0.4) is 0 Å². The van der Waals surface area contributed by atoms with Crippen LogP contribution in [-0.2, 0) is 0 Å². The van der Waals surface area contributed by atoms with E-state index in [2.05, 4.69) is 84.6 Å². The van der Waals surface area contributed by atoms with Crippen molar-refractivity contribution >= 4 is 5.91 Å².